The van der Waals surface area contributed by atoms with Crippen molar-refractivity contribution in [2.75, 3.05) is 7.11 Å². The maximum atomic E-state index is 12.2. The van der Waals surface area contributed by atoms with Crippen LogP contribution < -0.4 is 10.5 Å². The molecule has 2 N–H and O–H groups in total. The van der Waals surface area contributed by atoms with Gasteiger partial charge in [0.1, 0.15) is 12.4 Å². The van der Waals surface area contributed by atoms with E-state index in [4.69, 9.17) is 15.2 Å². The average molecular weight is 450 g/mol. The first-order chi connectivity index (χ1) is 16.6. The monoisotopic (exact) mass is 449 g/mol. The smallest absolute Gasteiger partial charge is 0.249 e. The fraction of sp³-hybridized carbons (Fsp3) is 0.138. The van der Waals surface area contributed by atoms with Crippen LogP contribution in [-0.2, 0) is 24.5 Å². The summed E-state index contributed by atoms with van der Waals surface area (Å²) in [7, 11) is 1.67. The van der Waals surface area contributed by atoms with Crippen molar-refractivity contribution in [2.45, 2.75) is 19.8 Å². The van der Waals surface area contributed by atoms with E-state index in [1.807, 2.05) is 60.7 Å². The lowest BCUT2D eigenvalue weighted by atomic mass is 10.0. The molecular formula is C29H25N2O3. The zero-order valence-electron chi connectivity index (χ0n) is 19.0. The minimum Gasteiger partial charge on any atom is -0.489 e. The normalized spacial score (nSPS) is 11.2. The Hall–Kier alpha value is -4.09. The molecule has 5 aromatic rings. The number of hydrogen-bond acceptors (Lipinski definition) is 3. The van der Waals surface area contributed by atoms with E-state index in [2.05, 4.69) is 28.8 Å². The molecule has 0 bridgehead atoms. The van der Waals surface area contributed by atoms with Gasteiger partial charge in [-0.05, 0) is 59.2 Å². The number of carbonyl (C=O) groups is 1. The van der Waals surface area contributed by atoms with E-state index >= 15 is 0 Å². The Morgan fingerprint density at radius 2 is 1.68 bits per heavy atom. The van der Waals surface area contributed by atoms with Crippen LogP contribution >= 0.6 is 0 Å². The Kier molecular flexibility index (Phi) is 6.02. The predicted octanol–water partition coefficient (Wildman–Crippen LogP) is 5.47. The van der Waals surface area contributed by atoms with E-state index in [0.717, 1.165) is 44.2 Å². The van der Waals surface area contributed by atoms with Crippen LogP contribution in [0.15, 0.2) is 84.9 Å². The highest BCUT2D eigenvalue weighted by Gasteiger charge is 2.17. The van der Waals surface area contributed by atoms with Gasteiger partial charge in [-0.3, -0.25) is 4.79 Å². The molecule has 5 nitrogen and oxygen atoms in total. The number of methoxy groups -OCH3 is 1. The van der Waals surface area contributed by atoms with Crippen LogP contribution in [0.3, 0.4) is 0 Å². The van der Waals surface area contributed by atoms with E-state index < -0.39 is 5.91 Å². The Labute approximate surface area is 198 Å². The van der Waals surface area contributed by atoms with Gasteiger partial charge in [-0.15, -0.1) is 0 Å². The summed E-state index contributed by atoms with van der Waals surface area (Å²) in [6.07, 6.45) is 0. The molecule has 0 fully saturated rings. The summed E-state index contributed by atoms with van der Waals surface area (Å²) in [6, 6.07) is 31.2. The molecule has 1 radical (unpaired) electrons. The van der Waals surface area contributed by atoms with Crippen molar-refractivity contribution in [1.29, 1.82) is 0 Å². The zero-order valence-corrected chi connectivity index (χ0v) is 19.0. The second-order valence-electron chi connectivity index (χ2n) is 8.27. The quantitative estimate of drug-likeness (QED) is 0.342. The molecule has 4 aromatic carbocycles. The van der Waals surface area contributed by atoms with Gasteiger partial charge in [-0.2, -0.15) is 0 Å². The molecule has 0 aliphatic carbocycles. The van der Waals surface area contributed by atoms with Crippen LogP contribution in [0.2, 0.25) is 0 Å². The molecule has 169 valence electrons. The number of amides is 1. The molecule has 0 saturated heterocycles. The van der Waals surface area contributed by atoms with Crippen LogP contribution in [0.4, 0.5) is 0 Å². The predicted molar refractivity (Wildman–Crippen MR) is 134 cm³/mol. The number of hydrogen-bond donors (Lipinski definition) is 1. The molecule has 34 heavy (non-hydrogen) atoms. The largest absolute Gasteiger partial charge is 0.489 e. The zero-order chi connectivity index (χ0) is 23.5. The summed E-state index contributed by atoms with van der Waals surface area (Å²) in [4.78, 5) is 12.2. The Bertz CT molecular complexity index is 1470. The Morgan fingerprint density at radius 1 is 0.882 bits per heavy atom. The Balaban J connectivity index is 1.55. The van der Waals surface area contributed by atoms with Gasteiger partial charge in [0.05, 0.1) is 17.6 Å². The highest BCUT2D eigenvalue weighted by atomic mass is 16.5. The summed E-state index contributed by atoms with van der Waals surface area (Å²) in [6.45, 7) is 1.60. The van der Waals surface area contributed by atoms with Gasteiger partial charge in [0.2, 0.25) is 5.91 Å². The van der Waals surface area contributed by atoms with Crippen molar-refractivity contribution in [3.63, 3.8) is 0 Å². The standard InChI is InChI=1S/C29H25N2O3/c1-33-18-22-13-14-24-27(16-22)31(26-12-6-11-25(28(24)26)29(30)32)17-21-9-5-10-23(15-21)34-19-20-7-3-2-4-8-20/h2-13,15-16H,17-19H2,1H3,(H2,30,32). The third kappa shape index (κ3) is 4.26. The van der Waals surface area contributed by atoms with Crippen LogP contribution in [0.25, 0.3) is 21.8 Å². The number of aromatic nitrogens is 1. The molecule has 5 heteroatoms. The SMILES string of the molecule is COCc1c[c]c2c3c(C(N)=O)cccc3n(Cc3cccc(OCc4ccccc4)c3)c2c1. The lowest BCUT2D eigenvalue weighted by Crippen LogP contribution is -2.11. The number of ether oxygens (including phenoxy) is 2. The third-order valence-electron chi connectivity index (χ3n) is 5.92. The van der Waals surface area contributed by atoms with Crippen molar-refractivity contribution >= 4 is 27.7 Å². The minimum absolute atomic E-state index is 0.449. The van der Waals surface area contributed by atoms with Crippen molar-refractivity contribution in [3.8, 4) is 5.75 Å². The summed E-state index contributed by atoms with van der Waals surface area (Å²) >= 11 is 0. The number of nitrogens with zero attached hydrogens (tertiary/aromatic N) is 1. The van der Waals surface area contributed by atoms with E-state index in [1.54, 1.807) is 13.2 Å². The van der Waals surface area contributed by atoms with Crippen molar-refractivity contribution in [2.24, 2.45) is 5.73 Å². The highest BCUT2D eigenvalue weighted by molar-refractivity contribution is 6.17. The second kappa shape index (κ2) is 9.41. The average Bonchev–Trinajstić information content (AvgIpc) is 3.17. The summed E-state index contributed by atoms with van der Waals surface area (Å²) in [5.74, 6) is 0.363. The lowest BCUT2D eigenvalue weighted by Gasteiger charge is -2.11. The molecule has 0 aliphatic rings. The first-order valence-corrected chi connectivity index (χ1v) is 11.1. The third-order valence-corrected chi connectivity index (χ3v) is 5.92. The first-order valence-electron chi connectivity index (χ1n) is 11.1. The molecule has 0 unspecified atom stereocenters. The van der Waals surface area contributed by atoms with Gasteiger partial charge in [-0.1, -0.05) is 48.5 Å². The number of benzene rings is 4. The van der Waals surface area contributed by atoms with Crippen molar-refractivity contribution < 1.29 is 14.3 Å². The maximum absolute atomic E-state index is 12.2. The molecule has 1 amide bonds. The maximum Gasteiger partial charge on any atom is 0.249 e. The van der Waals surface area contributed by atoms with Gasteiger partial charge in [-0.25, -0.2) is 0 Å². The number of primary amides is 1. The second-order valence-corrected chi connectivity index (χ2v) is 8.27. The molecule has 0 spiro atoms. The highest BCUT2D eigenvalue weighted by Crippen LogP contribution is 2.33. The molecule has 0 aliphatic heterocycles. The summed E-state index contributed by atoms with van der Waals surface area (Å²) in [5.41, 5.74) is 11.4. The number of rotatable bonds is 8. The summed E-state index contributed by atoms with van der Waals surface area (Å²) < 4.78 is 13.6. The number of carbonyl (C=O) groups excluding carboxylic acids is 1. The van der Waals surface area contributed by atoms with Crippen LogP contribution in [-0.4, -0.2) is 17.6 Å². The Morgan fingerprint density at radius 3 is 2.47 bits per heavy atom. The fourth-order valence-electron chi connectivity index (χ4n) is 4.38. The molecule has 1 aromatic heterocycles. The van der Waals surface area contributed by atoms with E-state index in [9.17, 15) is 4.79 Å². The summed E-state index contributed by atoms with van der Waals surface area (Å²) in [5, 5.41) is 1.70. The van der Waals surface area contributed by atoms with Gasteiger partial charge >= 0.3 is 0 Å². The van der Waals surface area contributed by atoms with Crippen molar-refractivity contribution in [3.05, 3.63) is 113 Å². The minimum atomic E-state index is -0.449. The van der Waals surface area contributed by atoms with Gasteiger partial charge in [0, 0.05) is 30.0 Å². The van der Waals surface area contributed by atoms with Crippen LogP contribution in [0, 0.1) is 6.07 Å². The topological polar surface area (TPSA) is 66.5 Å². The van der Waals surface area contributed by atoms with Crippen molar-refractivity contribution in [1.82, 2.24) is 4.57 Å². The molecule has 1 heterocycles. The van der Waals surface area contributed by atoms with E-state index in [0.29, 0.717) is 25.3 Å². The van der Waals surface area contributed by atoms with E-state index in [-0.39, 0.29) is 0 Å². The van der Waals surface area contributed by atoms with Crippen LogP contribution in [0.5, 0.6) is 5.75 Å². The fourth-order valence-corrected chi connectivity index (χ4v) is 4.38. The number of fused-ring (bicyclic) bond motifs is 3. The lowest BCUT2D eigenvalue weighted by molar-refractivity contribution is 0.100. The van der Waals surface area contributed by atoms with Gasteiger partial charge in [0.25, 0.3) is 0 Å². The number of nitrogens with two attached hydrogens (primary N) is 1. The first kappa shape index (κ1) is 21.7. The molecule has 0 atom stereocenters. The molecule has 0 saturated carbocycles. The molecular weight excluding hydrogens is 424 g/mol. The van der Waals surface area contributed by atoms with Gasteiger partial charge in [0.15, 0.2) is 0 Å². The van der Waals surface area contributed by atoms with E-state index in [1.165, 1.54) is 0 Å². The van der Waals surface area contributed by atoms with Crippen LogP contribution in [0.1, 0.15) is 27.0 Å². The van der Waals surface area contributed by atoms with Gasteiger partial charge < -0.3 is 19.8 Å². The molecule has 5 rings (SSSR count).